The second-order valence-electron chi connectivity index (χ2n) is 5.22. The normalized spacial score (nSPS) is 21.1. The third kappa shape index (κ3) is 3.88. The van der Waals surface area contributed by atoms with E-state index in [-0.39, 0.29) is 12.6 Å². The molecule has 0 saturated carbocycles. The second-order valence-corrected chi connectivity index (χ2v) is 5.22. The Bertz CT molecular complexity index is 410. The predicted molar refractivity (Wildman–Crippen MR) is 76.1 cm³/mol. The van der Waals surface area contributed by atoms with Crippen molar-refractivity contribution >= 4 is 5.82 Å². The number of likely N-dealkylation sites (tertiary alicyclic amines) is 1. The van der Waals surface area contributed by atoms with Gasteiger partial charge in [0.1, 0.15) is 11.6 Å². The van der Waals surface area contributed by atoms with Crippen molar-refractivity contribution in [3.8, 4) is 0 Å². The first-order valence-corrected chi connectivity index (χ1v) is 7.10. The minimum absolute atomic E-state index is 0.227. The van der Waals surface area contributed by atoms with Gasteiger partial charge in [-0.15, -0.1) is 0 Å². The molecule has 5 nitrogen and oxygen atoms in total. The molecule has 1 fully saturated rings. The van der Waals surface area contributed by atoms with Gasteiger partial charge in [-0.05, 0) is 26.3 Å². The Morgan fingerprint density at radius 1 is 1.37 bits per heavy atom. The molecule has 19 heavy (non-hydrogen) atoms. The first-order valence-electron chi connectivity index (χ1n) is 7.10. The van der Waals surface area contributed by atoms with Crippen molar-refractivity contribution in [1.82, 2.24) is 14.9 Å². The van der Waals surface area contributed by atoms with Crippen LogP contribution in [0.4, 0.5) is 5.82 Å². The fourth-order valence-corrected chi connectivity index (χ4v) is 2.66. The molecule has 0 bridgehead atoms. The van der Waals surface area contributed by atoms with Crippen molar-refractivity contribution in [2.45, 2.75) is 45.2 Å². The van der Waals surface area contributed by atoms with Gasteiger partial charge in [0, 0.05) is 24.8 Å². The molecule has 1 aromatic heterocycles. The van der Waals surface area contributed by atoms with Gasteiger partial charge in [0.25, 0.3) is 0 Å². The number of hydrogen-bond donors (Lipinski definition) is 2. The first kappa shape index (κ1) is 14.2. The Labute approximate surface area is 115 Å². The van der Waals surface area contributed by atoms with Crippen molar-refractivity contribution in [3.63, 3.8) is 0 Å². The highest BCUT2D eigenvalue weighted by atomic mass is 16.3. The Morgan fingerprint density at radius 3 is 2.95 bits per heavy atom. The van der Waals surface area contributed by atoms with Crippen LogP contribution in [0.2, 0.25) is 0 Å². The summed E-state index contributed by atoms with van der Waals surface area (Å²) in [6.07, 6.45) is 4.73. The van der Waals surface area contributed by atoms with Crippen LogP contribution in [-0.2, 0) is 6.54 Å². The van der Waals surface area contributed by atoms with Crippen molar-refractivity contribution in [1.29, 1.82) is 0 Å². The molecule has 1 saturated heterocycles. The number of rotatable bonds is 4. The molecule has 0 amide bonds. The Kier molecular flexibility index (Phi) is 5.10. The maximum absolute atomic E-state index is 9.52. The van der Waals surface area contributed by atoms with E-state index >= 15 is 0 Å². The van der Waals surface area contributed by atoms with Crippen LogP contribution in [0.1, 0.15) is 37.2 Å². The van der Waals surface area contributed by atoms with E-state index in [1.807, 2.05) is 20.0 Å². The van der Waals surface area contributed by atoms with E-state index in [2.05, 4.69) is 20.2 Å². The fraction of sp³-hybridized carbons (Fsp3) is 0.714. The highest BCUT2D eigenvalue weighted by Gasteiger charge is 2.21. The van der Waals surface area contributed by atoms with Gasteiger partial charge in [0.15, 0.2) is 0 Å². The molecule has 1 aliphatic heterocycles. The van der Waals surface area contributed by atoms with Crippen LogP contribution in [0.15, 0.2) is 6.07 Å². The average Bonchev–Trinajstić information content (AvgIpc) is 2.63. The lowest BCUT2D eigenvalue weighted by atomic mass is 10.1. The zero-order chi connectivity index (χ0) is 13.7. The Balaban J connectivity index is 2.11. The van der Waals surface area contributed by atoms with Crippen LogP contribution >= 0.6 is 0 Å². The summed E-state index contributed by atoms with van der Waals surface area (Å²) in [7, 11) is 1.87. The van der Waals surface area contributed by atoms with Crippen LogP contribution in [0.25, 0.3) is 0 Å². The number of nitrogens with zero attached hydrogens (tertiary/aromatic N) is 3. The lowest BCUT2D eigenvalue weighted by molar-refractivity contribution is 0.116. The number of aryl methyl sites for hydroxylation is 1. The topological polar surface area (TPSA) is 61.3 Å². The van der Waals surface area contributed by atoms with Crippen LogP contribution in [0, 0.1) is 6.92 Å². The van der Waals surface area contributed by atoms with Crippen LogP contribution in [0.3, 0.4) is 0 Å². The van der Waals surface area contributed by atoms with E-state index < -0.39 is 0 Å². The SMILES string of the molecule is CNc1cc(C)nc(CN2CCCCCC2CO)n1. The van der Waals surface area contributed by atoms with Gasteiger partial charge in [-0.2, -0.15) is 0 Å². The van der Waals surface area contributed by atoms with Gasteiger partial charge in [0.2, 0.25) is 0 Å². The molecule has 1 unspecified atom stereocenters. The summed E-state index contributed by atoms with van der Waals surface area (Å²) in [6.45, 7) is 3.96. The predicted octanol–water partition coefficient (Wildman–Crippen LogP) is 1.56. The van der Waals surface area contributed by atoms with Crippen LogP contribution in [0.5, 0.6) is 0 Å². The minimum atomic E-state index is 0.227. The fourth-order valence-electron chi connectivity index (χ4n) is 2.66. The highest BCUT2D eigenvalue weighted by Crippen LogP contribution is 2.18. The third-order valence-corrected chi connectivity index (χ3v) is 3.71. The molecule has 0 aliphatic carbocycles. The van der Waals surface area contributed by atoms with E-state index in [0.717, 1.165) is 36.8 Å². The largest absolute Gasteiger partial charge is 0.395 e. The lowest BCUT2D eigenvalue weighted by Crippen LogP contribution is -2.37. The smallest absolute Gasteiger partial charge is 0.144 e. The maximum Gasteiger partial charge on any atom is 0.144 e. The molecule has 0 aromatic carbocycles. The number of nitrogens with one attached hydrogen (secondary N) is 1. The van der Waals surface area contributed by atoms with E-state index in [0.29, 0.717) is 0 Å². The lowest BCUT2D eigenvalue weighted by Gasteiger charge is -2.27. The number of aliphatic hydroxyl groups excluding tert-OH is 1. The summed E-state index contributed by atoms with van der Waals surface area (Å²) in [5.41, 5.74) is 0.977. The summed E-state index contributed by atoms with van der Waals surface area (Å²) < 4.78 is 0. The van der Waals surface area contributed by atoms with Crippen molar-refractivity contribution in [2.24, 2.45) is 0 Å². The second kappa shape index (κ2) is 6.82. The Hall–Kier alpha value is -1.20. The molecule has 2 rings (SSSR count). The number of anilines is 1. The van der Waals surface area contributed by atoms with E-state index in [1.165, 1.54) is 19.3 Å². The van der Waals surface area contributed by atoms with Crippen molar-refractivity contribution in [3.05, 3.63) is 17.6 Å². The summed E-state index contributed by atoms with van der Waals surface area (Å²) >= 11 is 0. The molecule has 2 heterocycles. The molecule has 106 valence electrons. The van der Waals surface area contributed by atoms with Gasteiger partial charge in [-0.25, -0.2) is 9.97 Å². The summed E-state index contributed by atoms with van der Waals surface area (Å²) in [5.74, 6) is 1.70. The standard InChI is InChI=1S/C14H24N4O/c1-11-8-13(15-2)17-14(16-11)9-18-7-5-3-4-6-12(18)10-19/h8,12,19H,3-7,9-10H2,1-2H3,(H,15,16,17). The van der Waals surface area contributed by atoms with E-state index in [4.69, 9.17) is 0 Å². The minimum Gasteiger partial charge on any atom is -0.395 e. The van der Waals surface area contributed by atoms with E-state index in [1.54, 1.807) is 0 Å². The molecule has 0 spiro atoms. The van der Waals surface area contributed by atoms with Crippen molar-refractivity contribution < 1.29 is 5.11 Å². The maximum atomic E-state index is 9.52. The van der Waals surface area contributed by atoms with Crippen LogP contribution < -0.4 is 5.32 Å². The van der Waals surface area contributed by atoms with E-state index in [9.17, 15) is 5.11 Å². The molecule has 0 radical (unpaired) electrons. The third-order valence-electron chi connectivity index (χ3n) is 3.71. The summed E-state index contributed by atoms with van der Waals surface area (Å²) in [6, 6.07) is 2.19. The average molecular weight is 264 g/mol. The van der Waals surface area contributed by atoms with Gasteiger partial charge >= 0.3 is 0 Å². The molecular weight excluding hydrogens is 240 g/mol. The molecule has 5 heteroatoms. The zero-order valence-electron chi connectivity index (χ0n) is 11.9. The quantitative estimate of drug-likeness (QED) is 0.864. The summed E-state index contributed by atoms with van der Waals surface area (Å²) in [5, 5.41) is 12.6. The molecular formula is C14H24N4O. The Morgan fingerprint density at radius 2 is 2.21 bits per heavy atom. The molecule has 1 aliphatic rings. The zero-order valence-corrected chi connectivity index (χ0v) is 11.9. The summed E-state index contributed by atoms with van der Waals surface area (Å²) in [4.78, 5) is 11.3. The molecule has 2 N–H and O–H groups in total. The van der Waals surface area contributed by atoms with Crippen LogP contribution in [-0.4, -0.2) is 46.2 Å². The first-order chi connectivity index (χ1) is 9.22. The van der Waals surface area contributed by atoms with Crippen molar-refractivity contribution in [2.75, 3.05) is 25.5 Å². The van der Waals surface area contributed by atoms with Gasteiger partial charge in [-0.1, -0.05) is 12.8 Å². The highest BCUT2D eigenvalue weighted by molar-refractivity contribution is 5.34. The van der Waals surface area contributed by atoms with Gasteiger partial charge in [-0.3, -0.25) is 4.90 Å². The van der Waals surface area contributed by atoms with Gasteiger partial charge in [0.05, 0.1) is 13.2 Å². The number of hydrogen-bond acceptors (Lipinski definition) is 5. The number of aliphatic hydroxyl groups is 1. The molecule has 1 atom stereocenters. The number of aromatic nitrogens is 2. The molecule has 1 aromatic rings. The monoisotopic (exact) mass is 264 g/mol. The van der Waals surface area contributed by atoms with Gasteiger partial charge < -0.3 is 10.4 Å².